The zero-order valence-electron chi connectivity index (χ0n) is 12.9. The molecule has 0 saturated heterocycles. The third kappa shape index (κ3) is 4.03. The molecule has 0 atom stereocenters. The van der Waals surface area contributed by atoms with Gasteiger partial charge in [0.1, 0.15) is 11.6 Å². The van der Waals surface area contributed by atoms with Crippen LogP contribution in [0.15, 0.2) is 28.7 Å². The summed E-state index contributed by atoms with van der Waals surface area (Å²) in [5.41, 5.74) is 3.51. The average Bonchev–Trinajstić information content (AvgIpc) is 2.49. The van der Waals surface area contributed by atoms with Gasteiger partial charge < -0.3 is 5.32 Å². The summed E-state index contributed by atoms with van der Waals surface area (Å²) >= 11 is 3.59. The van der Waals surface area contributed by atoms with Gasteiger partial charge in [0.25, 0.3) is 0 Å². The fourth-order valence-corrected chi connectivity index (χ4v) is 2.69. The van der Waals surface area contributed by atoms with Crippen molar-refractivity contribution in [3.05, 3.63) is 51.4 Å². The Morgan fingerprint density at radius 2 is 1.90 bits per heavy atom. The highest BCUT2D eigenvalue weighted by Crippen LogP contribution is 2.21. The molecule has 1 N–H and O–H groups in total. The Kier molecular flexibility index (Phi) is 5.74. The molecule has 112 valence electrons. The first-order valence-corrected chi connectivity index (χ1v) is 8.28. The van der Waals surface area contributed by atoms with Crippen molar-refractivity contribution in [2.24, 2.45) is 0 Å². The van der Waals surface area contributed by atoms with Crippen molar-refractivity contribution in [2.45, 2.75) is 40.0 Å². The van der Waals surface area contributed by atoms with E-state index in [2.05, 4.69) is 54.2 Å². The molecule has 0 fully saturated rings. The van der Waals surface area contributed by atoms with E-state index in [0.717, 1.165) is 47.6 Å². The van der Waals surface area contributed by atoms with Crippen LogP contribution < -0.4 is 5.32 Å². The normalized spacial score (nSPS) is 10.7. The lowest BCUT2D eigenvalue weighted by molar-refractivity contribution is 0.875. The standard InChI is InChI=1S/C17H22BrN3/c1-4-10-19-17-12(3)15(5-2)20-16(21-17)11-13-8-6-7-9-14(13)18/h6-9H,4-5,10-11H2,1-3H3,(H,19,20,21). The lowest BCUT2D eigenvalue weighted by Crippen LogP contribution is -2.10. The predicted molar refractivity (Wildman–Crippen MR) is 91.9 cm³/mol. The SMILES string of the molecule is CCCNc1nc(Cc2ccccc2Br)nc(CC)c1C. The lowest BCUT2D eigenvalue weighted by atomic mass is 10.1. The van der Waals surface area contributed by atoms with Gasteiger partial charge in [-0.2, -0.15) is 0 Å². The van der Waals surface area contributed by atoms with Gasteiger partial charge in [0.05, 0.1) is 0 Å². The van der Waals surface area contributed by atoms with Gasteiger partial charge in [-0.15, -0.1) is 0 Å². The minimum atomic E-state index is 0.746. The first-order chi connectivity index (χ1) is 10.2. The number of halogens is 1. The molecule has 1 heterocycles. The second kappa shape index (κ2) is 7.55. The van der Waals surface area contributed by atoms with Crippen LogP contribution in [-0.2, 0) is 12.8 Å². The summed E-state index contributed by atoms with van der Waals surface area (Å²) < 4.78 is 1.11. The maximum Gasteiger partial charge on any atom is 0.135 e. The van der Waals surface area contributed by atoms with E-state index in [1.165, 1.54) is 11.1 Å². The van der Waals surface area contributed by atoms with Gasteiger partial charge in [-0.3, -0.25) is 0 Å². The second-order valence-corrected chi connectivity index (χ2v) is 5.96. The van der Waals surface area contributed by atoms with E-state index in [-0.39, 0.29) is 0 Å². The summed E-state index contributed by atoms with van der Waals surface area (Å²) in [7, 11) is 0. The van der Waals surface area contributed by atoms with Gasteiger partial charge >= 0.3 is 0 Å². The smallest absolute Gasteiger partial charge is 0.135 e. The number of hydrogen-bond acceptors (Lipinski definition) is 3. The zero-order valence-corrected chi connectivity index (χ0v) is 14.5. The monoisotopic (exact) mass is 347 g/mol. The van der Waals surface area contributed by atoms with Crippen molar-refractivity contribution in [1.29, 1.82) is 0 Å². The van der Waals surface area contributed by atoms with Gasteiger partial charge in [0.15, 0.2) is 0 Å². The molecular formula is C17H22BrN3. The molecule has 0 aliphatic carbocycles. The maximum atomic E-state index is 4.72. The Morgan fingerprint density at radius 3 is 2.57 bits per heavy atom. The molecule has 0 amide bonds. The predicted octanol–water partition coefficient (Wildman–Crippen LogP) is 4.52. The van der Waals surface area contributed by atoms with E-state index in [1.807, 2.05) is 12.1 Å². The van der Waals surface area contributed by atoms with Crippen LogP contribution in [0, 0.1) is 6.92 Å². The number of rotatable bonds is 6. The fourth-order valence-electron chi connectivity index (χ4n) is 2.27. The van der Waals surface area contributed by atoms with E-state index in [0.29, 0.717) is 0 Å². The van der Waals surface area contributed by atoms with Crippen LogP contribution in [0.5, 0.6) is 0 Å². The van der Waals surface area contributed by atoms with Crippen molar-refractivity contribution in [3.8, 4) is 0 Å². The number of benzene rings is 1. The third-order valence-electron chi connectivity index (χ3n) is 3.48. The molecule has 0 radical (unpaired) electrons. The number of nitrogens with zero attached hydrogens (tertiary/aromatic N) is 2. The minimum Gasteiger partial charge on any atom is -0.370 e. The highest BCUT2D eigenvalue weighted by atomic mass is 79.9. The van der Waals surface area contributed by atoms with Crippen LogP contribution in [0.3, 0.4) is 0 Å². The van der Waals surface area contributed by atoms with E-state index < -0.39 is 0 Å². The van der Waals surface area contributed by atoms with E-state index in [9.17, 15) is 0 Å². The van der Waals surface area contributed by atoms with Crippen molar-refractivity contribution in [1.82, 2.24) is 9.97 Å². The van der Waals surface area contributed by atoms with Crippen LogP contribution in [-0.4, -0.2) is 16.5 Å². The largest absolute Gasteiger partial charge is 0.370 e. The number of aryl methyl sites for hydroxylation is 1. The fraction of sp³-hybridized carbons (Fsp3) is 0.412. The number of hydrogen-bond donors (Lipinski definition) is 1. The van der Waals surface area contributed by atoms with Gasteiger partial charge in [-0.05, 0) is 31.4 Å². The van der Waals surface area contributed by atoms with Crippen molar-refractivity contribution in [3.63, 3.8) is 0 Å². The van der Waals surface area contributed by atoms with Crippen LogP contribution in [0.2, 0.25) is 0 Å². The van der Waals surface area contributed by atoms with E-state index in [1.54, 1.807) is 0 Å². The molecule has 0 bridgehead atoms. The summed E-state index contributed by atoms with van der Waals surface area (Å²) in [6, 6.07) is 8.24. The Hall–Kier alpha value is -1.42. The van der Waals surface area contributed by atoms with Crippen LogP contribution >= 0.6 is 15.9 Å². The van der Waals surface area contributed by atoms with Gasteiger partial charge in [0, 0.05) is 28.7 Å². The van der Waals surface area contributed by atoms with Gasteiger partial charge in [-0.1, -0.05) is 48.0 Å². The quantitative estimate of drug-likeness (QED) is 0.834. The molecule has 2 rings (SSSR count). The van der Waals surface area contributed by atoms with Gasteiger partial charge in [-0.25, -0.2) is 9.97 Å². The molecule has 21 heavy (non-hydrogen) atoms. The molecule has 2 aromatic rings. The molecule has 0 aliphatic heterocycles. The summed E-state index contributed by atoms with van der Waals surface area (Å²) in [4.78, 5) is 9.44. The molecule has 3 nitrogen and oxygen atoms in total. The zero-order chi connectivity index (χ0) is 15.2. The van der Waals surface area contributed by atoms with Crippen molar-refractivity contribution in [2.75, 3.05) is 11.9 Å². The Bertz CT molecular complexity index is 611. The average molecular weight is 348 g/mol. The van der Waals surface area contributed by atoms with Gasteiger partial charge in [0.2, 0.25) is 0 Å². The molecule has 0 unspecified atom stereocenters. The first kappa shape index (κ1) is 16.0. The molecule has 0 saturated carbocycles. The number of anilines is 1. The third-order valence-corrected chi connectivity index (χ3v) is 4.25. The Morgan fingerprint density at radius 1 is 1.14 bits per heavy atom. The molecule has 0 aliphatic rings. The van der Waals surface area contributed by atoms with Crippen LogP contribution in [0.1, 0.15) is 42.9 Å². The second-order valence-electron chi connectivity index (χ2n) is 5.11. The van der Waals surface area contributed by atoms with Crippen LogP contribution in [0.25, 0.3) is 0 Å². The number of aromatic nitrogens is 2. The van der Waals surface area contributed by atoms with Crippen molar-refractivity contribution >= 4 is 21.7 Å². The van der Waals surface area contributed by atoms with Crippen molar-refractivity contribution < 1.29 is 0 Å². The highest BCUT2D eigenvalue weighted by molar-refractivity contribution is 9.10. The molecule has 1 aromatic carbocycles. The summed E-state index contributed by atoms with van der Waals surface area (Å²) in [5.74, 6) is 1.86. The molecular weight excluding hydrogens is 326 g/mol. The van der Waals surface area contributed by atoms with Crippen LogP contribution in [0.4, 0.5) is 5.82 Å². The highest BCUT2D eigenvalue weighted by Gasteiger charge is 2.11. The van der Waals surface area contributed by atoms with E-state index in [4.69, 9.17) is 9.97 Å². The summed E-state index contributed by atoms with van der Waals surface area (Å²) in [5, 5.41) is 3.42. The minimum absolute atomic E-state index is 0.746. The topological polar surface area (TPSA) is 37.8 Å². The Labute approximate surface area is 135 Å². The maximum absolute atomic E-state index is 4.72. The number of nitrogens with one attached hydrogen (secondary N) is 1. The first-order valence-electron chi connectivity index (χ1n) is 7.49. The molecule has 1 aromatic heterocycles. The Balaban J connectivity index is 2.33. The van der Waals surface area contributed by atoms with E-state index >= 15 is 0 Å². The summed E-state index contributed by atoms with van der Waals surface area (Å²) in [6.45, 7) is 7.34. The molecule has 0 spiro atoms. The lowest BCUT2D eigenvalue weighted by Gasteiger charge is -2.13. The summed E-state index contributed by atoms with van der Waals surface area (Å²) in [6.07, 6.45) is 2.76. The molecule has 4 heteroatoms.